The topological polar surface area (TPSA) is 21.6 Å². The highest BCUT2D eigenvalue weighted by atomic mass is 19.2. The van der Waals surface area contributed by atoms with Crippen molar-refractivity contribution in [2.45, 2.75) is 0 Å². The van der Waals surface area contributed by atoms with Gasteiger partial charge in [-0.1, -0.05) is 0 Å². The first kappa shape index (κ1) is 15.0. The quantitative estimate of drug-likeness (QED) is 0.482. The van der Waals surface area contributed by atoms with Crippen LogP contribution in [0, 0.1) is 29.1 Å². The highest BCUT2D eigenvalue weighted by Gasteiger charge is 2.13. The van der Waals surface area contributed by atoms with Gasteiger partial charge in [0.1, 0.15) is 28.9 Å². The maximum absolute atomic E-state index is 13.6. The van der Waals surface area contributed by atoms with E-state index in [0.29, 0.717) is 24.4 Å². The van der Waals surface area contributed by atoms with Crippen LogP contribution < -0.4 is 4.65 Å². The fourth-order valence-electron chi connectivity index (χ4n) is 1.57. The summed E-state index contributed by atoms with van der Waals surface area (Å²) in [4.78, 5) is 3.38. The van der Waals surface area contributed by atoms with Gasteiger partial charge in [-0.15, -0.1) is 0 Å². The summed E-state index contributed by atoms with van der Waals surface area (Å²) in [5, 5.41) is 0. The zero-order chi connectivity index (χ0) is 15.6. The van der Waals surface area contributed by atoms with Gasteiger partial charge in [0.2, 0.25) is 0 Å². The Morgan fingerprint density at radius 3 is 1.95 bits per heavy atom. The van der Waals surface area contributed by atoms with E-state index in [0.717, 1.165) is 6.07 Å². The van der Waals surface area contributed by atoms with Gasteiger partial charge < -0.3 is 4.65 Å². The van der Waals surface area contributed by atoms with Crippen molar-refractivity contribution in [3.63, 3.8) is 0 Å². The number of aliphatic imine (C=N–C) groups is 1. The summed E-state index contributed by atoms with van der Waals surface area (Å²) in [5.41, 5.74) is -1.25. The van der Waals surface area contributed by atoms with E-state index in [-0.39, 0.29) is 0 Å². The first-order valence-corrected chi connectivity index (χ1v) is 5.46. The molecule has 8 heteroatoms. The molecule has 0 atom stereocenters. The molecule has 2 radical (unpaired) electrons. The molecule has 0 aromatic heterocycles. The minimum absolute atomic E-state index is 0.414. The first-order chi connectivity index (χ1) is 9.92. The Morgan fingerprint density at radius 2 is 1.38 bits per heavy atom. The lowest BCUT2D eigenvalue weighted by molar-refractivity contribution is 0.545. The Kier molecular flexibility index (Phi) is 4.25. The van der Waals surface area contributed by atoms with Crippen LogP contribution in [0.4, 0.5) is 27.6 Å². The van der Waals surface area contributed by atoms with Crippen molar-refractivity contribution in [1.29, 1.82) is 0 Å². The average Bonchev–Trinajstić information content (AvgIpc) is 2.38. The fourth-order valence-corrected chi connectivity index (χ4v) is 1.57. The van der Waals surface area contributed by atoms with Crippen LogP contribution in [0.25, 0.3) is 0 Å². The van der Waals surface area contributed by atoms with Gasteiger partial charge in [-0.25, -0.2) is 26.9 Å². The molecule has 0 fully saturated rings. The molecule has 0 amide bonds. The van der Waals surface area contributed by atoms with Crippen molar-refractivity contribution >= 4 is 20.0 Å². The molecule has 0 aliphatic rings. The van der Waals surface area contributed by atoms with Gasteiger partial charge >= 0.3 is 8.05 Å². The van der Waals surface area contributed by atoms with Crippen LogP contribution in [0.2, 0.25) is 0 Å². The van der Waals surface area contributed by atoms with E-state index in [1.165, 1.54) is 0 Å². The van der Waals surface area contributed by atoms with E-state index in [2.05, 4.69) is 9.65 Å². The SMILES string of the molecule is [B]Oc1cc(F)cc(F)c1C=Nc1c(F)cc(F)cc1F. The van der Waals surface area contributed by atoms with E-state index >= 15 is 0 Å². The summed E-state index contributed by atoms with van der Waals surface area (Å²) in [6.45, 7) is 0. The molecule has 21 heavy (non-hydrogen) atoms. The molecule has 2 rings (SSSR count). The summed E-state index contributed by atoms with van der Waals surface area (Å²) in [7, 11) is 4.84. The molecular weight excluding hydrogens is 292 g/mol. The minimum Gasteiger partial charge on any atom is -0.567 e. The second-order valence-electron chi connectivity index (χ2n) is 3.89. The second kappa shape index (κ2) is 5.95. The lowest BCUT2D eigenvalue weighted by Crippen LogP contribution is -1.98. The number of hydrogen-bond acceptors (Lipinski definition) is 2. The van der Waals surface area contributed by atoms with E-state index in [4.69, 9.17) is 8.05 Å². The Morgan fingerprint density at radius 1 is 0.857 bits per heavy atom. The Labute approximate surface area is 117 Å². The third kappa shape index (κ3) is 3.21. The van der Waals surface area contributed by atoms with Crippen molar-refractivity contribution in [2.24, 2.45) is 4.99 Å². The molecule has 0 N–H and O–H groups in total. The third-order valence-electron chi connectivity index (χ3n) is 2.49. The number of halogens is 5. The molecule has 2 nitrogen and oxygen atoms in total. The van der Waals surface area contributed by atoms with Gasteiger partial charge in [-0.2, -0.15) is 0 Å². The highest BCUT2D eigenvalue weighted by Crippen LogP contribution is 2.25. The molecule has 2 aromatic carbocycles. The van der Waals surface area contributed by atoms with E-state index in [1.54, 1.807) is 0 Å². The predicted octanol–water partition coefficient (Wildman–Crippen LogP) is 3.60. The predicted molar refractivity (Wildman–Crippen MR) is 66.3 cm³/mol. The summed E-state index contributed by atoms with van der Waals surface area (Å²) in [6.07, 6.45) is 0.691. The van der Waals surface area contributed by atoms with Gasteiger partial charge in [-0.3, -0.25) is 0 Å². The summed E-state index contributed by atoms with van der Waals surface area (Å²) >= 11 is 0. The highest BCUT2D eigenvalue weighted by molar-refractivity contribution is 6.01. The maximum atomic E-state index is 13.6. The first-order valence-electron chi connectivity index (χ1n) is 5.46. The van der Waals surface area contributed by atoms with E-state index in [9.17, 15) is 22.0 Å². The molecule has 0 aliphatic carbocycles. The fraction of sp³-hybridized carbons (Fsp3) is 0. The number of hydrogen-bond donors (Lipinski definition) is 0. The summed E-state index contributed by atoms with van der Waals surface area (Å²) in [5.74, 6) is -6.14. The summed E-state index contributed by atoms with van der Waals surface area (Å²) in [6, 6.07) is 2.11. The standard InChI is InChI=1S/C13H5BF5NO/c14-21-12-4-7(16)1-9(17)8(12)5-20-13-10(18)2-6(15)3-11(13)19/h1-5H. The normalized spacial score (nSPS) is 11.1. The van der Waals surface area contributed by atoms with E-state index < -0.39 is 46.1 Å². The maximum Gasteiger partial charge on any atom is 0.374 e. The smallest absolute Gasteiger partial charge is 0.374 e. The van der Waals surface area contributed by atoms with Gasteiger partial charge in [0.25, 0.3) is 0 Å². The molecule has 0 unspecified atom stereocenters. The van der Waals surface area contributed by atoms with Crippen LogP contribution in [-0.2, 0) is 0 Å². The van der Waals surface area contributed by atoms with Crippen molar-refractivity contribution in [3.05, 3.63) is 58.9 Å². The Hall–Kier alpha value is -2.38. The molecule has 106 valence electrons. The number of rotatable bonds is 3. The van der Waals surface area contributed by atoms with Crippen LogP contribution in [0.15, 0.2) is 29.3 Å². The lowest BCUT2D eigenvalue weighted by Gasteiger charge is -2.06. The molecule has 0 saturated heterocycles. The van der Waals surface area contributed by atoms with Crippen LogP contribution >= 0.6 is 0 Å². The molecule has 0 bridgehead atoms. The molecule has 0 heterocycles. The lowest BCUT2D eigenvalue weighted by atomic mass is 10.2. The Balaban J connectivity index is 2.48. The minimum atomic E-state index is -1.28. The monoisotopic (exact) mass is 297 g/mol. The third-order valence-corrected chi connectivity index (χ3v) is 2.49. The van der Waals surface area contributed by atoms with Crippen molar-refractivity contribution in [1.82, 2.24) is 0 Å². The number of nitrogens with zero attached hydrogens (tertiary/aromatic N) is 1. The molecular formula is C13H5BF5NO. The molecule has 2 aromatic rings. The Bertz CT molecular complexity index is 697. The van der Waals surface area contributed by atoms with Crippen molar-refractivity contribution in [2.75, 3.05) is 0 Å². The molecule has 0 saturated carbocycles. The van der Waals surface area contributed by atoms with Crippen molar-refractivity contribution < 1.29 is 26.6 Å². The van der Waals surface area contributed by atoms with Crippen LogP contribution in [-0.4, -0.2) is 14.3 Å². The summed E-state index contributed by atoms with van der Waals surface area (Å²) < 4.78 is 70.2. The van der Waals surface area contributed by atoms with Gasteiger partial charge in [0.15, 0.2) is 11.6 Å². The van der Waals surface area contributed by atoms with Gasteiger partial charge in [-0.05, 0) is 0 Å². The van der Waals surface area contributed by atoms with Crippen LogP contribution in [0.3, 0.4) is 0 Å². The average molecular weight is 297 g/mol. The van der Waals surface area contributed by atoms with Crippen LogP contribution in [0.5, 0.6) is 5.75 Å². The largest absolute Gasteiger partial charge is 0.567 e. The zero-order valence-corrected chi connectivity index (χ0v) is 10.2. The second-order valence-corrected chi connectivity index (χ2v) is 3.89. The molecule has 0 spiro atoms. The zero-order valence-electron chi connectivity index (χ0n) is 10.2. The van der Waals surface area contributed by atoms with E-state index in [1.807, 2.05) is 0 Å². The van der Waals surface area contributed by atoms with Crippen molar-refractivity contribution in [3.8, 4) is 5.75 Å². The van der Waals surface area contributed by atoms with Gasteiger partial charge in [0, 0.05) is 30.5 Å². The number of benzene rings is 2. The molecule has 0 aliphatic heterocycles. The van der Waals surface area contributed by atoms with Crippen LogP contribution in [0.1, 0.15) is 5.56 Å². The van der Waals surface area contributed by atoms with Gasteiger partial charge in [0.05, 0.1) is 5.56 Å².